The molecular formula is C32H42F2N4O5. The Morgan fingerprint density at radius 1 is 0.884 bits per heavy atom. The first kappa shape index (κ1) is 33.6. The molecule has 1 saturated heterocycles. The van der Waals surface area contributed by atoms with E-state index in [4.69, 9.17) is 4.74 Å². The molecule has 43 heavy (non-hydrogen) atoms. The van der Waals surface area contributed by atoms with E-state index < -0.39 is 60.2 Å². The van der Waals surface area contributed by atoms with Gasteiger partial charge < -0.3 is 25.6 Å². The van der Waals surface area contributed by atoms with Crippen molar-refractivity contribution in [3.05, 3.63) is 71.8 Å². The number of alkyl halides is 2. The molecule has 3 rings (SSSR count). The molecule has 0 spiro atoms. The van der Waals surface area contributed by atoms with Crippen LogP contribution in [0.5, 0.6) is 0 Å². The summed E-state index contributed by atoms with van der Waals surface area (Å²) < 4.78 is 35.2. The molecular weight excluding hydrogens is 558 g/mol. The van der Waals surface area contributed by atoms with Gasteiger partial charge in [0.05, 0.1) is 12.6 Å². The number of nitrogens with one attached hydrogen (secondary N) is 3. The van der Waals surface area contributed by atoms with E-state index in [0.29, 0.717) is 12.8 Å². The molecule has 0 radical (unpaired) electrons. The van der Waals surface area contributed by atoms with Crippen LogP contribution in [0.2, 0.25) is 0 Å². The summed E-state index contributed by atoms with van der Waals surface area (Å²) in [5.74, 6) is -7.23. The molecule has 0 unspecified atom stereocenters. The van der Waals surface area contributed by atoms with Gasteiger partial charge in [-0.3, -0.25) is 14.4 Å². The molecule has 2 aromatic rings. The molecule has 11 heteroatoms. The highest BCUT2D eigenvalue weighted by Gasteiger charge is 2.46. The van der Waals surface area contributed by atoms with Crippen LogP contribution in [-0.4, -0.2) is 65.7 Å². The Bertz CT molecular complexity index is 1230. The average molecular weight is 601 g/mol. The van der Waals surface area contributed by atoms with Crippen molar-refractivity contribution in [3.63, 3.8) is 0 Å². The molecule has 0 saturated carbocycles. The predicted molar refractivity (Wildman–Crippen MR) is 158 cm³/mol. The van der Waals surface area contributed by atoms with E-state index in [0.717, 1.165) is 11.1 Å². The molecule has 0 aromatic heterocycles. The number of halogens is 2. The summed E-state index contributed by atoms with van der Waals surface area (Å²) in [6.45, 7) is 6.22. The number of alkyl carbamates (subject to hydrolysis) is 1. The monoisotopic (exact) mass is 600 g/mol. The summed E-state index contributed by atoms with van der Waals surface area (Å²) in [6, 6.07) is 14.7. The first-order valence-electron chi connectivity index (χ1n) is 14.7. The molecule has 0 aliphatic carbocycles. The van der Waals surface area contributed by atoms with Crippen molar-refractivity contribution in [3.8, 4) is 0 Å². The van der Waals surface area contributed by atoms with E-state index in [9.17, 15) is 28.0 Å². The second kappa shape index (κ2) is 15.6. The lowest BCUT2D eigenvalue weighted by Gasteiger charge is -2.32. The van der Waals surface area contributed by atoms with Gasteiger partial charge in [-0.2, -0.15) is 8.78 Å². The van der Waals surface area contributed by atoms with Crippen molar-refractivity contribution in [2.24, 2.45) is 11.8 Å². The van der Waals surface area contributed by atoms with Gasteiger partial charge >= 0.3 is 12.0 Å². The minimum atomic E-state index is -3.73. The summed E-state index contributed by atoms with van der Waals surface area (Å²) in [4.78, 5) is 53.7. The van der Waals surface area contributed by atoms with Crippen molar-refractivity contribution in [1.29, 1.82) is 0 Å². The molecule has 1 aliphatic heterocycles. The summed E-state index contributed by atoms with van der Waals surface area (Å²) in [7, 11) is 0. The van der Waals surface area contributed by atoms with Crippen molar-refractivity contribution >= 4 is 23.7 Å². The minimum Gasteiger partial charge on any atom is -0.445 e. The van der Waals surface area contributed by atoms with Crippen LogP contribution in [-0.2, 0) is 32.3 Å². The highest BCUT2D eigenvalue weighted by molar-refractivity contribution is 5.97. The second-order valence-corrected chi connectivity index (χ2v) is 11.5. The van der Waals surface area contributed by atoms with E-state index in [1.807, 2.05) is 24.3 Å². The quantitative estimate of drug-likeness (QED) is 0.301. The number of rotatable bonds is 14. The lowest BCUT2D eigenvalue weighted by atomic mass is 9.95. The Kier molecular flexibility index (Phi) is 12.2. The van der Waals surface area contributed by atoms with Crippen LogP contribution in [0.4, 0.5) is 13.6 Å². The topological polar surface area (TPSA) is 117 Å². The number of Topliss-reactive ketones (excluding diaryl/α,β-unsaturated/α-hetero) is 1. The molecule has 3 amide bonds. The summed E-state index contributed by atoms with van der Waals surface area (Å²) >= 11 is 0. The highest BCUT2D eigenvalue weighted by Crippen LogP contribution is 2.23. The van der Waals surface area contributed by atoms with Crippen LogP contribution < -0.4 is 16.0 Å². The number of nitrogens with zero attached hydrogens (tertiary/aromatic N) is 1. The van der Waals surface area contributed by atoms with Gasteiger partial charge in [0.25, 0.3) is 0 Å². The Morgan fingerprint density at radius 2 is 1.47 bits per heavy atom. The maximum Gasteiger partial charge on any atom is 0.408 e. The Balaban J connectivity index is 1.62. The fourth-order valence-corrected chi connectivity index (χ4v) is 4.95. The van der Waals surface area contributed by atoms with Crippen LogP contribution >= 0.6 is 0 Å². The number of hydrogen-bond donors (Lipinski definition) is 3. The van der Waals surface area contributed by atoms with E-state index >= 15 is 0 Å². The average Bonchev–Trinajstić information content (AvgIpc) is 3.48. The van der Waals surface area contributed by atoms with E-state index in [1.165, 1.54) is 4.90 Å². The fraction of sp³-hybridized carbons (Fsp3) is 0.500. The molecule has 234 valence electrons. The third-order valence-electron chi connectivity index (χ3n) is 7.38. The molecule has 1 heterocycles. The number of carbonyl (C=O) groups excluding carboxylic acids is 4. The second-order valence-electron chi connectivity index (χ2n) is 11.5. The zero-order valence-electron chi connectivity index (χ0n) is 25.1. The van der Waals surface area contributed by atoms with Crippen molar-refractivity contribution in [2.75, 3.05) is 13.1 Å². The zero-order valence-corrected chi connectivity index (χ0v) is 25.1. The molecule has 3 atom stereocenters. The number of ether oxygens (including phenoxy) is 1. The fourth-order valence-electron chi connectivity index (χ4n) is 4.95. The van der Waals surface area contributed by atoms with Gasteiger partial charge in [0, 0.05) is 13.1 Å². The van der Waals surface area contributed by atoms with Gasteiger partial charge in [0.2, 0.25) is 17.6 Å². The number of amides is 3. The third kappa shape index (κ3) is 9.57. The molecule has 1 aliphatic rings. The SMILES string of the molecule is CC(C)[C@H](NC(=O)OCc1ccccc1)C(=O)N1CCC[C@H]1C(=O)N[C@H](C(=O)C(F)(F)CNCc1ccccc1)C(C)C. The number of hydrogen-bond acceptors (Lipinski definition) is 6. The summed E-state index contributed by atoms with van der Waals surface area (Å²) in [6.07, 6.45) is 0.0339. The van der Waals surface area contributed by atoms with E-state index in [-0.39, 0.29) is 25.6 Å². The standard InChI is InChI=1S/C32H42F2N4O5/c1-21(2)26(28(39)32(33,34)20-35-18-23-12-7-5-8-13-23)36-29(40)25-16-11-17-38(25)30(41)27(22(3)4)37-31(42)43-19-24-14-9-6-10-15-24/h5-10,12-15,21-22,25-27,35H,11,16-20H2,1-4H3,(H,36,40)(H,37,42)/t25-,26-,27-/m0/s1. The van der Waals surface area contributed by atoms with Gasteiger partial charge in [-0.25, -0.2) is 4.79 Å². The van der Waals surface area contributed by atoms with Crippen LogP contribution in [0.1, 0.15) is 51.7 Å². The Morgan fingerprint density at radius 3 is 2.05 bits per heavy atom. The predicted octanol–water partition coefficient (Wildman–Crippen LogP) is 4.06. The van der Waals surface area contributed by atoms with Crippen molar-refractivity contribution < 1.29 is 32.7 Å². The molecule has 1 fully saturated rings. The Hall–Kier alpha value is -3.86. The van der Waals surface area contributed by atoms with Crippen molar-refractivity contribution in [2.45, 2.75) is 77.7 Å². The zero-order chi connectivity index (χ0) is 31.6. The molecule has 0 bridgehead atoms. The number of ketones is 1. The summed E-state index contributed by atoms with van der Waals surface area (Å²) in [5.41, 5.74) is 1.58. The van der Waals surface area contributed by atoms with Gasteiger partial charge in [-0.05, 0) is 35.8 Å². The van der Waals surface area contributed by atoms with E-state index in [2.05, 4.69) is 16.0 Å². The Labute approximate surface area is 251 Å². The first-order valence-corrected chi connectivity index (χ1v) is 14.7. The largest absolute Gasteiger partial charge is 0.445 e. The number of benzene rings is 2. The van der Waals surface area contributed by atoms with Crippen LogP contribution in [0.15, 0.2) is 60.7 Å². The van der Waals surface area contributed by atoms with E-state index in [1.54, 1.807) is 64.1 Å². The lowest BCUT2D eigenvalue weighted by molar-refractivity contribution is -0.149. The molecule has 3 N–H and O–H groups in total. The maximum absolute atomic E-state index is 15.0. The minimum absolute atomic E-state index is 0.0253. The smallest absolute Gasteiger partial charge is 0.408 e. The van der Waals surface area contributed by atoms with Gasteiger partial charge in [0.15, 0.2) is 0 Å². The lowest BCUT2D eigenvalue weighted by Crippen LogP contribution is -2.59. The van der Waals surface area contributed by atoms with Gasteiger partial charge in [0.1, 0.15) is 18.7 Å². The third-order valence-corrected chi connectivity index (χ3v) is 7.38. The van der Waals surface area contributed by atoms with Crippen LogP contribution in [0.25, 0.3) is 0 Å². The highest BCUT2D eigenvalue weighted by atomic mass is 19.3. The number of carbonyl (C=O) groups is 4. The molecule has 9 nitrogen and oxygen atoms in total. The van der Waals surface area contributed by atoms with Crippen LogP contribution in [0.3, 0.4) is 0 Å². The maximum atomic E-state index is 15.0. The van der Waals surface area contributed by atoms with Crippen molar-refractivity contribution in [1.82, 2.24) is 20.9 Å². The van der Waals surface area contributed by atoms with Gasteiger partial charge in [-0.1, -0.05) is 88.4 Å². The van der Waals surface area contributed by atoms with Crippen LogP contribution in [0, 0.1) is 11.8 Å². The first-order chi connectivity index (χ1) is 20.4. The summed E-state index contributed by atoms with van der Waals surface area (Å²) in [5, 5.41) is 7.73. The molecule has 2 aromatic carbocycles. The van der Waals surface area contributed by atoms with Gasteiger partial charge in [-0.15, -0.1) is 0 Å². The number of likely N-dealkylation sites (tertiary alicyclic amines) is 1. The normalized spacial score (nSPS) is 16.6.